The van der Waals surface area contributed by atoms with Gasteiger partial charge in [-0.05, 0) is 48.6 Å². The molecule has 0 atom stereocenters. The molecule has 0 saturated carbocycles. The zero-order valence-electron chi connectivity index (χ0n) is 16.7. The van der Waals surface area contributed by atoms with Gasteiger partial charge in [0.15, 0.2) is 0 Å². The Morgan fingerprint density at radius 3 is 2.54 bits per heavy atom. The second-order valence-electron chi connectivity index (χ2n) is 7.24. The van der Waals surface area contributed by atoms with Gasteiger partial charge in [-0.3, -0.25) is 9.78 Å². The van der Waals surface area contributed by atoms with Crippen LogP contribution >= 0.6 is 0 Å². The highest BCUT2D eigenvalue weighted by molar-refractivity contribution is 6.06. The molecule has 142 valence electrons. The number of aryl methyl sites for hydroxylation is 1. The highest BCUT2D eigenvalue weighted by Crippen LogP contribution is 2.18. The molecule has 0 fully saturated rings. The van der Waals surface area contributed by atoms with Gasteiger partial charge < -0.3 is 0 Å². The number of fused-ring (bicyclic) bond motifs is 1. The molecule has 1 amide bonds. The molecule has 0 aliphatic heterocycles. The summed E-state index contributed by atoms with van der Waals surface area (Å²) in [5.74, 6) is 0.274. The van der Waals surface area contributed by atoms with E-state index in [-0.39, 0.29) is 5.91 Å². The summed E-state index contributed by atoms with van der Waals surface area (Å²) in [6.07, 6.45) is 3.69. The topological polar surface area (TPSA) is 54.4 Å². The fourth-order valence-corrected chi connectivity index (χ4v) is 3.03. The Kier molecular flexibility index (Phi) is 5.99. The van der Waals surface area contributed by atoms with Gasteiger partial charge in [-0.25, -0.2) is 5.43 Å². The van der Waals surface area contributed by atoms with Crippen LogP contribution in [0, 0.1) is 6.92 Å². The Hall–Kier alpha value is -3.27. The molecule has 4 nitrogen and oxygen atoms in total. The number of benzene rings is 2. The normalized spacial score (nSPS) is 12.1. The van der Waals surface area contributed by atoms with Crippen molar-refractivity contribution < 1.29 is 4.79 Å². The zero-order valence-corrected chi connectivity index (χ0v) is 16.7. The molecule has 3 rings (SSSR count). The second kappa shape index (κ2) is 8.61. The molecule has 1 aromatic heterocycles. The third kappa shape index (κ3) is 4.71. The summed E-state index contributed by atoms with van der Waals surface area (Å²) in [5.41, 5.74) is 8.17. The first-order chi connectivity index (χ1) is 13.4. The number of nitrogens with one attached hydrogen (secondary N) is 1. The summed E-state index contributed by atoms with van der Waals surface area (Å²) in [7, 11) is 0. The van der Waals surface area contributed by atoms with E-state index < -0.39 is 0 Å². The van der Waals surface area contributed by atoms with Gasteiger partial charge in [-0.2, -0.15) is 5.10 Å². The zero-order chi connectivity index (χ0) is 20.1. The van der Waals surface area contributed by atoms with E-state index >= 15 is 0 Å². The summed E-state index contributed by atoms with van der Waals surface area (Å²) in [4.78, 5) is 17.0. The maximum Gasteiger partial charge on any atom is 0.272 e. The van der Waals surface area contributed by atoms with E-state index in [4.69, 9.17) is 0 Å². The predicted molar refractivity (Wildman–Crippen MR) is 117 cm³/mol. The van der Waals surface area contributed by atoms with Crippen molar-refractivity contribution in [2.45, 2.75) is 33.6 Å². The van der Waals surface area contributed by atoms with Crippen LogP contribution < -0.4 is 5.43 Å². The van der Waals surface area contributed by atoms with Crippen LogP contribution in [0.25, 0.3) is 17.0 Å². The van der Waals surface area contributed by atoms with Crippen LogP contribution in [-0.4, -0.2) is 17.1 Å². The summed E-state index contributed by atoms with van der Waals surface area (Å²) >= 11 is 0. The van der Waals surface area contributed by atoms with E-state index in [9.17, 15) is 4.79 Å². The Balaban J connectivity index is 1.71. The average molecular weight is 371 g/mol. The van der Waals surface area contributed by atoms with Gasteiger partial charge in [0.05, 0.1) is 17.3 Å². The van der Waals surface area contributed by atoms with Gasteiger partial charge in [-0.15, -0.1) is 0 Å². The van der Waals surface area contributed by atoms with Crippen molar-refractivity contribution in [1.29, 1.82) is 0 Å². The van der Waals surface area contributed by atoms with Gasteiger partial charge >= 0.3 is 0 Å². The molecule has 3 aromatic rings. The number of allylic oxidation sites excluding steroid dienone is 1. The average Bonchev–Trinajstić information content (AvgIpc) is 2.67. The first-order valence-corrected chi connectivity index (χ1v) is 9.42. The molecule has 0 spiro atoms. The first kappa shape index (κ1) is 19.5. The number of carbonyl (C=O) groups excluding carboxylic acids is 1. The number of nitrogens with zero attached hydrogens (tertiary/aromatic N) is 2. The lowest BCUT2D eigenvalue weighted by molar-refractivity contribution is 0.0956. The third-order valence-electron chi connectivity index (χ3n) is 4.52. The van der Waals surface area contributed by atoms with Crippen LogP contribution in [0.15, 0.2) is 65.3 Å². The fourth-order valence-electron chi connectivity index (χ4n) is 3.03. The summed E-state index contributed by atoms with van der Waals surface area (Å²) < 4.78 is 0. The molecule has 0 aliphatic rings. The minimum atomic E-state index is -0.243. The fraction of sp³-hybridized carbons (Fsp3) is 0.208. The monoisotopic (exact) mass is 371 g/mol. The number of carbonyl (C=O) groups is 1. The molecule has 2 aromatic carbocycles. The number of hydrogen-bond donors (Lipinski definition) is 1. The molecule has 4 heteroatoms. The van der Waals surface area contributed by atoms with Crippen molar-refractivity contribution in [3.8, 4) is 0 Å². The summed E-state index contributed by atoms with van der Waals surface area (Å²) in [5, 5.41) is 4.93. The minimum absolute atomic E-state index is 0.243. The maximum absolute atomic E-state index is 12.6. The van der Waals surface area contributed by atoms with Crippen molar-refractivity contribution in [1.82, 2.24) is 10.4 Å². The minimum Gasteiger partial charge on any atom is -0.267 e. The highest BCUT2D eigenvalue weighted by atomic mass is 16.2. The molecule has 1 heterocycles. The number of amides is 1. The summed E-state index contributed by atoms with van der Waals surface area (Å²) in [6, 6.07) is 17.9. The number of pyridine rings is 1. The lowest BCUT2D eigenvalue weighted by Gasteiger charge is -2.06. The van der Waals surface area contributed by atoms with Crippen molar-refractivity contribution in [2.75, 3.05) is 0 Å². The molecular weight excluding hydrogens is 346 g/mol. The summed E-state index contributed by atoms with van der Waals surface area (Å²) in [6.45, 7) is 8.19. The van der Waals surface area contributed by atoms with Crippen LogP contribution in [0.5, 0.6) is 0 Å². The number of para-hydroxylation sites is 1. The molecular formula is C24H25N3O. The number of rotatable bonds is 5. The molecule has 0 bridgehead atoms. The van der Waals surface area contributed by atoms with Crippen LogP contribution in [-0.2, 0) is 0 Å². The standard InChI is InChI=1S/C24H25N3O/c1-16(2)20-11-9-19(10-12-20)13-17(3)15-25-27-24(28)22-14-18(4)26-23-8-6-5-7-21(22)23/h5-16H,1-4H3,(H,27,28)/b17-13-,25-15?. The van der Waals surface area contributed by atoms with E-state index in [0.717, 1.165) is 27.7 Å². The van der Waals surface area contributed by atoms with Gasteiger partial charge in [-0.1, -0.05) is 62.4 Å². The van der Waals surface area contributed by atoms with Gasteiger partial charge in [0.2, 0.25) is 0 Å². The lowest BCUT2D eigenvalue weighted by Crippen LogP contribution is -2.18. The van der Waals surface area contributed by atoms with E-state index in [0.29, 0.717) is 11.5 Å². The van der Waals surface area contributed by atoms with Crippen LogP contribution in [0.3, 0.4) is 0 Å². The quantitative estimate of drug-likeness (QED) is 0.476. The Bertz CT molecular complexity index is 1050. The van der Waals surface area contributed by atoms with Crippen LogP contribution in [0.4, 0.5) is 0 Å². The van der Waals surface area contributed by atoms with Gasteiger partial charge in [0, 0.05) is 11.1 Å². The molecule has 0 unspecified atom stereocenters. The maximum atomic E-state index is 12.6. The Labute approximate surface area is 166 Å². The SMILES string of the molecule is C/C(C=NNC(=O)c1cc(C)nc2ccccc12)=C/c1ccc(C(C)C)cc1. The third-order valence-corrected chi connectivity index (χ3v) is 4.52. The number of aromatic nitrogens is 1. The van der Waals surface area contributed by atoms with Crippen molar-refractivity contribution in [3.05, 3.63) is 82.6 Å². The Morgan fingerprint density at radius 1 is 1.11 bits per heavy atom. The first-order valence-electron chi connectivity index (χ1n) is 9.42. The van der Waals surface area contributed by atoms with E-state index in [2.05, 4.69) is 53.6 Å². The van der Waals surface area contributed by atoms with Crippen LogP contribution in [0.2, 0.25) is 0 Å². The Morgan fingerprint density at radius 2 is 1.82 bits per heavy atom. The van der Waals surface area contributed by atoms with E-state index in [1.54, 1.807) is 12.3 Å². The smallest absolute Gasteiger partial charge is 0.267 e. The van der Waals surface area contributed by atoms with Crippen molar-refractivity contribution >= 4 is 29.1 Å². The van der Waals surface area contributed by atoms with Gasteiger partial charge in [0.1, 0.15) is 0 Å². The van der Waals surface area contributed by atoms with Gasteiger partial charge in [0.25, 0.3) is 5.91 Å². The van der Waals surface area contributed by atoms with Crippen molar-refractivity contribution in [3.63, 3.8) is 0 Å². The molecule has 0 aliphatic carbocycles. The lowest BCUT2D eigenvalue weighted by atomic mass is 10.0. The van der Waals surface area contributed by atoms with E-state index in [1.165, 1.54) is 5.56 Å². The molecule has 1 N–H and O–H groups in total. The van der Waals surface area contributed by atoms with Crippen molar-refractivity contribution in [2.24, 2.45) is 5.10 Å². The predicted octanol–water partition coefficient (Wildman–Crippen LogP) is 5.49. The number of hydrogen-bond acceptors (Lipinski definition) is 3. The molecule has 0 saturated heterocycles. The molecule has 0 radical (unpaired) electrons. The van der Waals surface area contributed by atoms with E-state index in [1.807, 2.05) is 44.2 Å². The molecule has 28 heavy (non-hydrogen) atoms. The second-order valence-corrected chi connectivity index (χ2v) is 7.24. The largest absolute Gasteiger partial charge is 0.272 e. The number of hydrazone groups is 1. The highest BCUT2D eigenvalue weighted by Gasteiger charge is 2.10. The van der Waals surface area contributed by atoms with Crippen LogP contribution in [0.1, 0.15) is 53.9 Å².